The van der Waals surface area contributed by atoms with Gasteiger partial charge < -0.3 is 9.47 Å². The van der Waals surface area contributed by atoms with Crippen LogP contribution in [0.3, 0.4) is 0 Å². The van der Waals surface area contributed by atoms with E-state index >= 15 is 0 Å². The highest BCUT2D eigenvalue weighted by Gasteiger charge is 2.15. The summed E-state index contributed by atoms with van der Waals surface area (Å²) in [6.45, 7) is 8.05. The predicted octanol–water partition coefficient (Wildman–Crippen LogP) is 1.44. The van der Waals surface area contributed by atoms with Crippen LogP contribution in [0.25, 0.3) is 11.2 Å². The minimum atomic E-state index is -1.15. The molecule has 2 aromatic heterocycles. The number of aromatic nitrogens is 4. The number of hydrogen-bond acceptors (Lipinski definition) is 5. The molecule has 2 aromatic rings. The number of imidazole rings is 1. The first kappa shape index (κ1) is 18.4. The normalized spacial score (nSPS) is 11.5. The highest BCUT2D eigenvalue weighted by Crippen LogP contribution is 2.11. The first-order valence-electron chi connectivity index (χ1n) is 7.81. The van der Waals surface area contributed by atoms with Crippen molar-refractivity contribution in [1.82, 2.24) is 19.1 Å². The predicted molar refractivity (Wildman–Crippen MR) is 95.6 cm³/mol. The molecule has 130 valence electrons. The molecule has 0 aromatic carbocycles. The molecular formula is C16H24N4O3Si. The van der Waals surface area contributed by atoms with Crippen molar-refractivity contribution in [2.45, 2.75) is 32.4 Å². The fourth-order valence-electron chi connectivity index (χ4n) is 2.08. The van der Waals surface area contributed by atoms with Gasteiger partial charge in [-0.05, 0) is 12.0 Å². The van der Waals surface area contributed by atoms with E-state index in [1.807, 2.05) is 0 Å². The smallest absolute Gasteiger partial charge is 0.332 e. The third kappa shape index (κ3) is 4.53. The monoisotopic (exact) mass is 348 g/mol. The number of nitrogens with zero attached hydrogens (tertiary/aromatic N) is 4. The lowest BCUT2D eigenvalue weighted by Crippen LogP contribution is -2.25. The minimum absolute atomic E-state index is 0.172. The van der Waals surface area contributed by atoms with Gasteiger partial charge in [-0.2, -0.15) is 0 Å². The summed E-state index contributed by atoms with van der Waals surface area (Å²) in [5.41, 5.74) is 1.02. The Hall–Kier alpha value is -1.95. The molecule has 0 radical (unpaired) electrons. The zero-order chi connectivity index (χ0) is 17.7. The third-order valence-corrected chi connectivity index (χ3v) is 5.21. The standard InChI is InChI=1S/C16H24N4O3Si/c1-19-15-13(11-17-14(18-15)7-6-8-22-2)20(16(19)21)12-23-9-10-24(3,4)5/h11H,8-10,12H2,1-5H3. The molecule has 0 fully saturated rings. The molecule has 7 nitrogen and oxygen atoms in total. The lowest BCUT2D eigenvalue weighted by atomic mass is 10.5. The quantitative estimate of drug-likeness (QED) is 0.449. The summed E-state index contributed by atoms with van der Waals surface area (Å²) in [5.74, 6) is 5.98. The maximum atomic E-state index is 12.4. The van der Waals surface area contributed by atoms with Gasteiger partial charge in [0.15, 0.2) is 5.65 Å². The Morgan fingerprint density at radius 2 is 2.08 bits per heavy atom. The van der Waals surface area contributed by atoms with Gasteiger partial charge in [-0.15, -0.1) is 0 Å². The van der Waals surface area contributed by atoms with E-state index in [2.05, 4.69) is 41.4 Å². The van der Waals surface area contributed by atoms with E-state index in [1.165, 1.54) is 4.57 Å². The van der Waals surface area contributed by atoms with Crippen LogP contribution in [-0.4, -0.2) is 47.5 Å². The topological polar surface area (TPSA) is 71.2 Å². The number of methoxy groups -OCH3 is 1. The summed E-state index contributed by atoms with van der Waals surface area (Å²) in [7, 11) is 2.11. The maximum Gasteiger partial charge on any atom is 0.332 e. The molecule has 2 rings (SSSR count). The third-order valence-electron chi connectivity index (χ3n) is 3.51. The number of ether oxygens (including phenoxy) is 2. The van der Waals surface area contributed by atoms with Crippen molar-refractivity contribution in [2.24, 2.45) is 7.05 Å². The van der Waals surface area contributed by atoms with Crippen LogP contribution in [0.2, 0.25) is 25.7 Å². The lowest BCUT2D eigenvalue weighted by molar-refractivity contribution is 0.0873. The molecule has 0 bridgehead atoms. The van der Waals surface area contributed by atoms with Crippen molar-refractivity contribution < 1.29 is 9.47 Å². The highest BCUT2D eigenvalue weighted by atomic mass is 28.3. The Kier molecular flexibility index (Phi) is 5.93. The zero-order valence-corrected chi connectivity index (χ0v) is 15.9. The van der Waals surface area contributed by atoms with Gasteiger partial charge in [0, 0.05) is 28.8 Å². The van der Waals surface area contributed by atoms with Crippen molar-refractivity contribution in [1.29, 1.82) is 0 Å². The Bertz CT molecular complexity index is 824. The van der Waals surface area contributed by atoms with Crippen LogP contribution in [0.1, 0.15) is 5.82 Å². The summed E-state index contributed by atoms with van der Waals surface area (Å²) in [4.78, 5) is 20.9. The van der Waals surface area contributed by atoms with Crippen molar-refractivity contribution in [2.75, 3.05) is 20.3 Å². The van der Waals surface area contributed by atoms with Crippen LogP contribution < -0.4 is 5.69 Å². The summed E-state index contributed by atoms with van der Waals surface area (Å²) < 4.78 is 13.6. The van der Waals surface area contributed by atoms with Crippen molar-refractivity contribution in [3.05, 3.63) is 22.5 Å². The number of fused-ring (bicyclic) bond motifs is 1. The van der Waals surface area contributed by atoms with E-state index in [1.54, 1.807) is 24.9 Å². The van der Waals surface area contributed by atoms with Crippen LogP contribution in [0.15, 0.2) is 11.0 Å². The number of hydrogen-bond donors (Lipinski definition) is 0. The van der Waals surface area contributed by atoms with Crippen molar-refractivity contribution in [3.63, 3.8) is 0 Å². The Balaban J connectivity index is 2.21. The van der Waals surface area contributed by atoms with Gasteiger partial charge in [-0.3, -0.25) is 9.13 Å². The van der Waals surface area contributed by atoms with Crippen LogP contribution in [0.5, 0.6) is 0 Å². The van der Waals surface area contributed by atoms with Gasteiger partial charge in [-0.1, -0.05) is 25.6 Å². The molecule has 0 spiro atoms. The number of rotatable bonds is 6. The van der Waals surface area contributed by atoms with E-state index in [4.69, 9.17) is 9.47 Å². The van der Waals surface area contributed by atoms with Crippen molar-refractivity contribution in [3.8, 4) is 11.8 Å². The largest absolute Gasteiger partial charge is 0.372 e. The first-order valence-corrected chi connectivity index (χ1v) is 11.5. The SMILES string of the molecule is COCC#Cc1ncc2c(n1)n(C)c(=O)n2COCC[Si](C)(C)C. The molecule has 0 aliphatic heterocycles. The Morgan fingerprint density at radius 1 is 1.33 bits per heavy atom. The van der Waals surface area contributed by atoms with Gasteiger partial charge in [0.25, 0.3) is 0 Å². The van der Waals surface area contributed by atoms with E-state index in [0.717, 1.165) is 6.04 Å². The molecule has 0 unspecified atom stereocenters. The van der Waals surface area contributed by atoms with Gasteiger partial charge >= 0.3 is 5.69 Å². The van der Waals surface area contributed by atoms with E-state index in [0.29, 0.717) is 30.2 Å². The molecule has 0 amide bonds. The average Bonchev–Trinajstić information content (AvgIpc) is 2.75. The summed E-state index contributed by atoms with van der Waals surface area (Å²) in [6, 6.07) is 1.06. The lowest BCUT2D eigenvalue weighted by Gasteiger charge is -2.15. The first-order chi connectivity index (χ1) is 11.3. The molecule has 0 N–H and O–H groups in total. The van der Waals surface area contributed by atoms with E-state index in [9.17, 15) is 4.79 Å². The molecule has 24 heavy (non-hydrogen) atoms. The molecule has 2 heterocycles. The maximum absolute atomic E-state index is 12.4. The van der Waals surface area contributed by atoms with Gasteiger partial charge in [0.1, 0.15) is 18.9 Å². The zero-order valence-electron chi connectivity index (χ0n) is 14.9. The average molecular weight is 348 g/mol. The van der Waals surface area contributed by atoms with Crippen LogP contribution in [0, 0.1) is 11.8 Å². The molecule has 0 saturated heterocycles. The van der Waals surface area contributed by atoms with E-state index < -0.39 is 8.07 Å². The summed E-state index contributed by atoms with van der Waals surface area (Å²) >= 11 is 0. The second-order valence-corrected chi connectivity index (χ2v) is 12.4. The van der Waals surface area contributed by atoms with Crippen LogP contribution in [-0.2, 0) is 23.3 Å². The minimum Gasteiger partial charge on any atom is -0.372 e. The van der Waals surface area contributed by atoms with Crippen LogP contribution >= 0.6 is 0 Å². The molecule has 8 heteroatoms. The molecular weight excluding hydrogens is 324 g/mol. The summed E-state index contributed by atoms with van der Waals surface area (Å²) in [5, 5.41) is 0. The Morgan fingerprint density at radius 3 is 2.75 bits per heavy atom. The summed E-state index contributed by atoms with van der Waals surface area (Å²) in [6.07, 6.45) is 1.61. The second-order valence-electron chi connectivity index (χ2n) is 6.75. The van der Waals surface area contributed by atoms with Gasteiger partial charge in [-0.25, -0.2) is 14.8 Å². The van der Waals surface area contributed by atoms with Crippen LogP contribution in [0.4, 0.5) is 0 Å². The van der Waals surface area contributed by atoms with Crippen molar-refractivity contribution >= 4 is 19.2 Å². The fourth-order valence-corrected chi connectivity index (χ4v) is 2.84. The molecule has 0 aliphatic rings. The molecule has 0 saturated carbocycles. The van der Waals surface area contributed by atoms with Gasteiger partial charge in [0.05, 0.1) is 6.20 Å². The molecule has 0 aliphatic carbocycles. The second kappa shape index (κ2) is 7.74. The Labute approximate surface area is 142 Å². The van der Waals surface area contributed by atoms with Gasteiger partial charge in [0.2, 0.25) is 5.82 Å². The highest BCUT2D eigenvalue weighted by molar-refractivity contribution is 6.76. The molecule has 0 atom stereocenters. The van der Waals surface area contributed by atoms with E-state index in [-0.39, 0.29) is 12.4 Å². The fraction of sp³-hybridized carbons (Fsp3) is 0.562. The number of aryl methyl sites for hydroxylation is 1.